The molecule has 3 N–H and O–H groups in total. The fourth-order valence-corrected chi connectivity index (χ4v) is 2.33. The van der Waals surface area contributed by atoms with E-state index in [1.165, 1.54) is 31.4 Å². The summed E-state index contributed by atoms with van der Waals surface area (Å²) in [5.74, 6) is -1.04. The molecule has 2 aromatic carbocycles. The third kappa shape index (κ3) is 5.27. The topological polar surface area (TPSA) is 90.7 Å². The van der Waals surface area contributed by atoms with Crippen LogP contribution in [0.4, 0.5) is 18.9 Å². The highest BCUT2D eigenvalue weighted by Crippen LogP contribution is 2.36. The van der Waals surface area contributed by atoms with E-state index in [1.807, 2.05) is 0 Å². The molecule has 0 spiro atoms. The van der Waals surface area contributed by atoms with Crippen LogP contribution in [-0.2, 0) is 11.0 Å². The standard InChI is InChI=1S/C17H14ClF3N2O4/c1-26-14-6-9(2-5-13(14)27-8-15(22)24)16(25)23-10-3-4-12(18)11(7-10)17(19,20)21/h2-7H,8H2,1H3,(H2,22,24)(H,23,25). The van der Waals surface area contributed by atoms with Crippen LogP contribution < -0.4 is 20.5 Å². The van der Waals surface area contributed by atoms with E-state index in [0.717, 1.165) is 12.1 Å². The fraction of sp³-hybridized carbons (Fsp3) is 0.176. The van der Waals surface area contributed by atoms with Gasteiger partial charge in [-0.2, -0.15) is 13.2 Å². The van der Waals surface area contributed by atoms with Crippen LogP contribution in [0.1, 0.15) is 15.9 Å². The molecular formula is C17H14ClF3N2O4. The van der Waals surface area contributed by atoms with Crippen molar-refractivity contribution in [1.29, 1.82) is 0 Å². The van der Waals surface area contributed by atoms with Gasteiger partial charge in [-0.05, 0) is 36.4 Å². The number of ether oxygens (including phenoxy) is 2. The molecule has 0 aliphatic carbocycles. The lowest BCUT2D eigenvalue weighted by Crippen LogP contribution is -2.20. The average Bonchev–Trinajstić information content (AvgIpc) is 2.60. The van der Waals surface area contributed by atoms with Crippen LogP contribution in [0.15, 0.2) is 36.4 Å². The molecule has 0 unspecified atom stereocenters. The van der Waals surface area contributed by atoms with Crippen molar-refractivity contribution in [2.45, 2.75) is 6.18 Å². The number of alkyl halides is 3. The summed E-state index contributed by atoms with van der Waals surface area (Å²) in [6.45, 7) is -0.382. The Kier molecular flexibility index (Phi) is 6.17. The second-order valence-corrected chi connectivity index (χ2v) is 5.67. The number of methoxy groups -OCH3 is 1. The predicted octanol–water partition coefficient (Wildman–Crippen LogP) is 3.48. The summed E-state index contributed by atoms with van der Waals surface area (Å²) < 4.78 is 48.9. The van der Waals surface area contributed by atoms with Gasteiger partial charge in [0.1, 0.15) is 0 Å². The molecule has 0 atom stereocenters. The first-order valence-electron chi connectivity index (χ1n) is 7.39. The number of anilines is 1. The minimum atomic E-state index is -4.65. The van der Waals surface area contributed by atoms with Crippen molar-refractivity contribution in [1.82, 2.24) is 0 Å². The summed E-state index contributed by atoms with van der Waals surface area (Å²) in [6, 6.07) is 7.07. The van der Waals surface area contributed by atoms with Gasteiger partial charge in [-0.1, -0.05) is 11.6 Å². The Hall–Kier alpha value is -2.94. The lowest BCUT2D eigenvalue weighted by molar-refractivity contribution is -0.137. The number of nitrogens with two attached hydrogens (primary N) is 1. The highest BCUT2D eigenvalue weighted by molar-refractivity contribution is 6.31. The molecule has 2 rings (SSSR count). The molecule has 0 saturated carbocycles. The molecule has 0 heterocycles. The van der Waals surface area contributed by atoms with Crippen LogP contribution >= 0.6 is 11.6 Å². The lowest BCUT2D eigenvalue weighted by atomic mass is 10.1. The Bertz CT molecular complexity index is 872. The van der Waals surface area contributed by atoms with Crippen LogP contribution in [0.3, 0.4) is 0 Å². The van der Waals surface area contributed by atoms with Gasteiger partial charge < -0.3 is 20.5 Å². The number of primary amides is 1. The highest BCUT2D eigenvalue weighted by Gasteiger charge is 2.33. The fourth-order valence-electron chi connectivity index (χ4n) is 2.10. The van der Waals surface area contributed by atoms with E-state index >= 15 is 0 Å². The van der Waals surface area contributed by atoms with E-state index < -0.39 is 28.6 Å². The molecule has 0 aromatic heterocycles. The second-order valence-electron chi connectivity index (χ2n) is 5.27. The molecule has 0 saturated heterocycles. The second kappa shape index (κ2) is 8.17. The zero-order valence-electron chi connectivity index (χ0n) is 13.9. The lowest BCUT2D eigenvalue weighted by Gasteiger charge is -2.13. The van der Waals surface area contributed by atoms with Crippen molar-refractivity contribution in [3.8, 4) is 11.5 Å². The smallest absolute Gasteiger partial charge is 0.417 e. The largest absolute Gasteiger partial charge is 0.493 e. The number of benzene rings is 2. The van der Waals surface area contributed by atoms with Crippen LogP contribution in [0, 0.1) is 0 Å². The molecular weight excluding hydrogens is 389 g/mol. The minimum absolute atomic E-state index is 0.0789. The maximum Gasteiger partial charge on any atom is 0.417 e. The van der Waals surface area contributed by atoms with Crippen LogP contribution in [0.25, 0.3) is 0 Å². The SMILES string of the molecule is COc1cc(C(=O)Nc2ccc(Cl)c(C(F)(F)F)c2)ccc1OCC(N)=O. The van der Waals surface area contributed by atoms with Gasteiger partial charge in [-0.15, -0.1) is 0 Å². The van der Waals surface area contributed by atoms with Crippen molar-refractivity contribution < 1.29 is 32.2 Å². The summed E-state index contributed by atoms with van der Waals surface area (Å²) in [4.78, 5) is 23.1. The van der Waals surface area contributed by atoms with Crippen molar-refractivity contribution in [3.63, 3.8) is 0 Å². The number of carbonyl (C=O) groups is 2. The first-order valence-corrected chi connectivity index (χ1v) is 7.77. The van der Waals surface area contributed by atoms with E-state index in [1.54, 1.807) is 0 Å². The van der Waals surface area contributed by atoms with Crippen molar-refractivity contribution >= 4 is 29.1 Å². The monoisotopic (exact) mass is 402 g/mol. The maximum absolute atomic E-state index is 12.9. The van der Waals surface area contributed by atoms with Crippen LogP contribution in [0.5, 0.6) is 11.5 Å². The maximum atomic E-state index is 12.9. The van der Waals surface area contributed by atoms with Crippen LogP contribution in [-0.4, -0.2) is 25.5 Å². The molecule has 6 nitrogen and oxygen atoms in total. The Morgan fingerprint density at radius 1 is 1.15 bits per heavy atom. The molecule has 2 aromatic rings. The highest BCUT2D eigenvalue weighted by atomic mass is 35.5. The quantitative estimate of drug-likeness (QED) is 0.774. The summed E-state index contributed by atoms with van der Waals surface area (Å²) in [5, 5.41) is 1.88. The van der Waals surface area contributed by atoms with E-state index in [4.69, 9.17) is 26.8 Å². The van der Waals surface area contributed by atoms with Gasteiger partial charge >= 0.3 is 6.18 Å². The minimum Gasteiger partial charge on any atom is -0.493 e. The number of carbonyl (C=O) groups excluding carboxylic acids is 2. The van der Waals surface area contributed by atoms with Crippen LogP contribution in [0.2, 0.25) is 5.02 Å². The van der Waals surface area contributed by atoms with Gasteiger partial charge in [0.05, 0.1) is 17.7 Å². The Morgan fingerprint density at radius 3 is 2.44 bits per heavy atom. The average molecular weight is 403 g/mol. The third-order valence-corrected chi connectivity index (χ3v) is 3.65. The predicted molar refractivity (Wildman–Crippen MR) is 92.1 cm³/mol. The van der Waals surface area contributed by atoms with Crippen molar-refractivity contribution in [3.05, 3.63) is 52.5 Å². The number of hydrogen-bond acceptors (Lipinski definition) is 4. The molecule has 0 radical (unpaired) electrons. The van der Waals surface area contributed by atoms with Gasteiger partial charge in [-0.25, -0.2) is 0 Å². The molecule has 0 aliphatic rings. The molecule has 0 bridgehead atoms. The number of hydrogen-bond donors (Lipinski definition) is 2. The van der Waals surface area contributed by atoms with E-state index in [0.29, 0.717) is 0 Å². The first kappa shape index (κ1) is 20.4. The number of nitrogens with one attached hydrogen (secondary N) is 1. The summed E-state index contributed by atoms with van der Waals surface area (Å²) in [5.41, 5.74) is 3.95. The van der Waals surface area contributed by atoms with Gasteiger partial charge in [0.2, 0.25) is 0 Å². The number of rotatable bonds is 6. The molecule has 0 fully saturated rings. The van der Waals surface area contributed by atoms with E-state index in [-0.39, 0.29) is 29.4 Å². The Balaban J connectivity index is 2.22. The van der Waals surface area contributed by atoms with Gasteiger partial charge in [-0.3, -0.25) is 9.59 Å². The summed E-state index contributed by atoms with van der Waals surface area (Å²) >= 11 is 5.55. The number of halogens is 4. The van der Waals surface area contributed by atoms with E-state index in [9.17, 15) is 22.8 Å². The molecule has 2 amide bonds. The molecule has 0 aliphatic heterocycles. The van der Waals surface area contributed by atoms with Gasteiger partial charge in [0.25, 0.3) is 11.8 Å². The third-order valence-electron chi connectivity index (χ3n) is 3.33. The molecule has 10 heteroatoms. The summed E-state index contributed by atoms with van der Waals surface area (Å²) in [6.07, 6.45) is -4.65. The normalized spacial score (nSPS) is 11.0. The first-order chi connectivity index (χ1) is 12.6. The molecule has 144 valence electrons. The van der Waals surface area contributed by atoms with E-state index in [2.05, 4.69) is 5.32 Å². The van der Waals surface area contributed by atoms with Gasteiger partial charge in [0.15, 0.2) is 18.1 Å². The number of amides is 2. The Morgan fingerprint density at radius 2 is 1.85 bits per heavy atom. The van der Waals surface area contributed by atoms with Gasteiger partial charge in [0, 0.05) is 11.3 Å². The van der Waals surface area contributed by atoms with Crippen molar-refractivity contribution in [2.24, 2.45) is 5.73 Å². The zero-order chi connectivity index (χ0) is 20.2. The zero-order valence-corrected chi connectivity index (χ0v) is 14.6. The Labute approximate surface area is 157 Å². The molecule has 27 heavy (non-hydrogen) atoms. The van der Waals surface area contributed by atoms with Crippen molar-refractivity contribution in [2.75, 3.05) is 19.0 Å². The summed E-state index contributed by atoms with van der Waals surface area (Å²) in [7, 11) is 1.32.